The first kappa shape index (κ1) is 15.4. The molecule has 0 aliphatic heterocycles. The van der Waals surface area contributed by atoms with Gasteiger partial charge in [-0.25, -0.2) is 14.6 Å². The molecule has 19 heavy (non-hydrogen) atoms. The first-order valence-corrected chi connectivity index (χ1v) is 6.98. The third kappa shape index (κ3) is 4.51. The smallest absolute Gasteiger partial charge is 0.326 e. The van der Waals surface area contributed by atoms with E-state index in [1.54, 1.807) is 18.3 Å². The summed E-state index contributed by atoms with van der Waals surface area (Å²) in [5, 5.41) is 14.6. The van der Waals surface area contributed by atoms with Crippen LogP contribution in [0.2, 0.25) is 0 Å². The quantitative estimate of drug-likeness (QED) is 0.829. The minimum Gasteiger partial charge on any atom is -0.480 e. The van der Waals surface area contributed by atoms with E-state index in [1.807, 2.05) is 12.3 Å². The highest BCUT2D eigenvalue weighted by molar-refractivity contribution is 7.09. The van der Waals surface area contributed by atoms with Crippen LogP contribution in [0, 0.1) is 6.92 Å². The van der Waals surface area contributed by atoms with Crippen molar-refractivity contribution in [2.75, 3.05) is 13.6 Å². The lowest BCUT2D eigenvalue weighted by Gasteiger charge is -2.23. The monoisotopic (exact) mass is 285 g/mol. The first-order valence-electron chi connectivity index (χ1n) is 6.10. The molecule has 1 aromatic heterocycles. The van der Waals surface area contributed by atoms with Crippen LogP contribution in [-0.4, -0.2) is 46.6 Å². The van der Waals surface area contributed by atoms with Gasteiger partial charge >= 0.3 is 12.0 Å². The fourth-order valence-electron chi connectivity index (χ4n) is 1.70. The zero-order valence-electron chi connectivity index (χ0n) is 11.3. The average Bonchev–Trinajstić information content (AvgIpc) is 2.75. The van der Waals surface area contributed by atoms with Gasteiger partial charge < -0.3 is 15.3 Å². The molecule has 6 nitrogen and oxygen atoms in total. The number of aliphatic carboxylic acids is 1. The van der Waals surface area contributed by atoms with Crippen molar-refractivity contribution in [3.05, 3.63) is 16.1 Å². The number of likely N-dealkylation sites (N-methyl/N-ethyl adjacent to an activating group) is 1. The summed E-state index contributed by atoms with van der Waals surface area (Å²) >= 11 is 1.57. The van der Waals surface area contributed by atoms with E-state index in [0.717, 1.165) is 10.7 Å². The van der Waals surface area contributed by atoms with Gasteiger partial charge in [-0.05, 0) is 13.3 Å². The minimum absolute atomic E-state index is 0.374. The lowest BCUT2D eigenvalue weighted by Crippen LogP contribution is -2.47. The number of carbonyl (C=O) groups is 2. The van der Waals surface area contributed by atoms with Gasteiger partial charge in [0.1, 0.15) is 6.04 Å². The van der Waals surface area contributed by atoms with Crippen molar-refractivity contribution in [3.63, 3.8) is 0 Å². The van der Waals surface area contributed by atoms with Gasteiger partial charge in [-0.3, -0.25) is 0 Å². The molecule has 0 saturated carbocycles. The van der Waals surface area contributed by atoms with Gasteiger partial charge in [0.05, 0.1) is 10.7 Å². The maximum absolute atomic E-state index is 11.8. The largest absolute Gasteiger partial charge is 0.480 e. The third-order valence-electron chi connectivity index (χ3n) is 2.78. The molecule has 1 heterocycles. The predicted octanol–water partition coefficient (Wildman–Crippen LogP) is 1.50. The maximum atomic E-state index is 11.8. The summed E-state index contributed by atoms with van der Waals surface area (Å²) in [4.78, 5) is 28.2. The van der Waals surface area contributed by atoms with Crippen molar-refractivity contribution in [1.82, 2.24) is 15.2 Å². The van der Waals surface area contributed by atoms with Crippen molar-refractivity contribution < 1.29 is 14.7 Å². The lowest BCUT2D eigenvalue weighted by molar-refractivity contribution is -0.141. The minimum atomic E-state index is -0.990. The summed E-state index contributed by atoms with van der Waals surface area (Å²) in [6.45, 7) is 4.11. The molecule has 0 aliphatic rings. The molecule has 0 radical (unpaired) electrons. The van der Waals surface area contributed by atoms with Gasteiger partial charge in [0.15, 0.2) is 0 Å². The van der Waals surface area contributed by atoms with Crippen molar-refractivity contribution in [1.29, 1.82) is 0 Å². The van der Waals surface area contributed by atoms with Crippen LogP contribution in [-0.2, 0) is 11.2 Å². The molecule has 2 amide bonds. The van der Waals surface area contributed by atoms with Crippen LogP contribution in [0.3, 0.4) is 0 Å². The molecule has 0 aliphatic carbocycles. The van der Waals surface area contributed by atoms with Crippen LogP contribution in [0.5, 0.6) is 0 Å². The molecule has 0 bridgehead atoms. The molecule has 0 spiro atoms. The Morgan fingerprint density at radius 1 is 1.58 bits per heavy atom. The van der Waals surface area contributed by atoms with E-state index in [4.69, 9.17) is 5.11 Å². The van der Waals surface area contributed by atoms with Crippen molar-refractivity contribution in [2.45, 2.75) is 32.7 Å². The molecule has 7 heteroatoms. The Kier molecular flexibility index (Phi) is 5.75. The standard InChI is InChI=1S/C12H19N3O3S/c1-4-10(11(16)17)15(3)12(18)13-6-5-9-7-19-8(2)14-9/h7,10H,4-6H2,1-3H3,(H,13,18)(H,16,17). The number of thiazole rings is 1. The number of aromatic nitrogens is 1. The number of carboxylic acids is 1. The van der Waals surface area contributed by atoms with Crippen LogP contribution in [0.1, 0.15) is 24.0 Å². The molecule has 1 aromatic rings. The number of aryl methyl sites for hydroxylation is 1. The Labute approximate surface area is 116 Å². The van der Waals surface area contributed by atoms with Crippen molar-refractivity contribution >= 4 is 23.3 Å². The molecule has 1 rings (SSSR count). The molecular formula is C12H19N3O3S. The van der Waals surface area contributed by atoms with Crippen molar-refractivity contribution in [2.24, 2.45) is 0 Å². The number of hydrogen-bond donors (Lipinski definition) is 2. The molecule has 0 aromatic carbocycles. The number of nitrogens with zero attached hydrogens (tertiary/aromatic N) is 2. The Morgan fingerprint density at radius 3 is 2.74 bits per heavy atom. The third-order valence-corrected chi connectivity index (χ3v) is 3.61. The predicted molar refractivity (Wildman–Crippen MR) is 73.4 cm³/mol. The zero-order valence-corrected chi connectivity index (χ0v) is 12.2. The number of amides is 2. The van der Waals surface area contributed by atoms with E-state index >= 15 is 0 Å². The van der Waals surface area contributed by atoms with Crippen LogP contribution in [0.25, 0.3) is 0 Å². The van der Waals surface area contributed by atoms with Gasteiger partial charge in [-0.2, -0.15) is 0 Å². The number of carboxylic acid groups (broad SMARTS) is 1. The van der Waals surface area contributed by atoms with E-state index in [1.165, 1.54) is 11.9 Å². The normalized spacial score (nSPS) is 11.9. The highest BCUT2D eigenvalue weighted by Crippen LogP contribution is 2.08. The zero-order chi connectivity index (χ0) is 14.4. The summed E-state index contributed by atoms with van der Waals surface area (Å²) in [6, 6.07) is -1.16. The van der Waals surface area contributed by atoms with E-state index in [2.05, 4.69) is 10.3 Å². The van der Waals surface area contributed by atoms with E-state index in [9.17, 15) is 9.59 Å². The highest BCUT2D eigenvalue weighted by atomic mass is 32.1. The van der Waals surface area contributed by atoms with Gasteiger partial charge in [-0.15, -0.1) is 11.3 Å². The number of hydrogen-bond acceptors (Lipinski definition) is 4. The fraction of sp³-hybridized carbons (Fsp3) is 0.583. The van der Waals surface area contributed by atoms with Crippen LogP contribution < -0.4 is 5.32 Å². The second kappa shape index (κ2) is 7.08. The van der Waals surface area contributed by atoms with Gasteiger partial charge in [0.25, 0.3) is 0 Å². The molecule has 1 atom stereocenters. The Morgan fingerprint density at radius 2 is 2.26 bits per heavy atom. The van der Waals surface area contributed by atoms with Gasteiger partial charge in [0.2, 0.25) is 0 Å². The maximum Gasteiger partial charge on any atom is 0.326 e. The SMILES string of the molecule is CCC(C(=O)O)N(C)C(=O)NCCc1csc(C)n1. The summed E-state index contributed by atoms with van der Waals surface area (Å²) in [5.74, 6) is -0.990. The summed E-state index contributed by atoms with van der Waals surface area (Å²) < 4.78 is 0. The number of rotatable bonds is 6. The Bertz CT molecular complexity index is 447. The van der Waals surface area contributed by atoms with Crippen molar-refractivity contribution in [3.8, 4) is 0 Å². The average molecular weight is 285 g/mol. The van der Waals surface area contributed by atoms with Crippen LogP contribution in [0.4, 0.5) is 4.79 Å². The number of urea groups is 1. The van der Waals surface area contributed by atoms with E-state index in [-0.39, 0.29) is 6.03 Å². The first-order chi connectivity index (χ1) is 8.95. The second-order valence-electron chi connectivity index (χ2n) is 4.21. The van der Waals surface area contributed by atoms with Crippen LogP contribution in [0.15, 0.2) is 5.38 Å². The summed E-state index contributed by atoms with van der Waals surface area (Å²) in [5.41, 5.74) is 0.940. The number of carbonyl (C=O) groups excluding carboxylic acids is 1. The molecule has 0 saturated heterocycles. The Balaban J connectivity index is 2.40. The van der Waals surface area contributed by atoms with Gasteiger partial charge in [0, 0.05) is 25.4 Å². The van der Waals surface area contributed by atoms with Gasteiger partial charge in [-0.1, -0.05) is 6.92 Å². The summed E-state index contributed by atoms with van der Waals surface area (Å²) in [7, 11) is 1.49. The highest BCUT2D eigenvalue weighted by Gasteiger charge is 2.24. The van der Waals surface area contributed by atoms with E-state index < -0.39 is 12.0 Å². The van der Waals surface area contributed by atoms with E-state index in [0.29, 0.717) is 19.4 Å². The second-order valence-corrected chi connectivity index (χ2v) is 5.28. The number of nitrogens with one attached hydrogen (secondary N) is 1. The van der Waals surface area contributed by atoms with Crippen LogP contribution >= 0.6 is 11.3 Å². The molecule has 2 N–H and O–H groups in total. The summed E-state index contributed by atoms with van der Waals surface area (Å²) in [6.07, 6.45) is 1.03. The Hall–Kier alpha value is -1.63. The molecule has 1 unspecified atom stereocenters. The fourth-order valence-corrected chi connectivity index (χ4v) is 2.35. The molecule has 106 valence electrons. The lowest BCUT2D eigenvalue weighted by atomic mass is 10.2. The molecule has 0 fully saturated rings. The topological polar surface area (TPSA) is 82.5 Å². The molecular weight excluding hydrogens is 266 g/mol.